The molecule has 13 heavy (non-hydrogen) atoms. The third-order valence-corrected chi connectivity index (χ3v) is 2.33. The first-order valence-corrected chi connectivity index (χ1v) is 4.47. The first-order chi connectivity index (χ1) is 6.29. The highest BCUT2D eigenvalue weighted by molar-refractivity contribution is 9.10. The number of anilines is 1. The van der Waals surface area contributed by atoms with Crippen LogP contribution in [0.15, 0.2) is 35.3 Å². The van der Waals surface area contributed by atoms with Crippen molar-refractivity contribution in [3.63, 3.8) is 0 Å². The summed E-state index contributed by atoms with van der Waals surface area (Å²) in [5.74, 6) is 0. The van der Waals surface area contributed by atoms with Crippen LogP contribution in [0.25, 0.3) is 5.69 Å². The highest BCUT2D eigenvalue weighted by atomic mass is 79.9. The van der Waals surface area contributed by atoms with Gasteiger partial charge in [0.1, 0.15) is 12.7 Å². The summed E-state index contributed by atoms with van der Waals surface area (Å²) in [5, 5.41) is 7.43. The minimum Gasteiger partial charge on any atom is -0.397 e. The second-order valence-electron chi connectivity index (χ2n) is 2.55. The molecule has 0 aliphatic heterocycles. The van der Waals surface area contributed by atoms with Crippen molar-refractivity contribution in [1.82, 2.24) is 14.8 Å². The Hall–Kier alpha value is -1.36. The monoisotopic (exact) mass is 238 g/mol. The predicted molar refractivity (Wildman–Crippen MR) is 53.5 cm³/mol. The molecule has 0 saturated heterocycles. The maximum atomic E-state index is 5.81. The predicted octanol–water partition coefficient (Wildman–Crippen LogP) is 1.61. The summed E-state index contributed by atoms with van der Waals surface area (Å²) in [5.41, 5.74) is 7.36. The van der Waals surface area contributed by atoms with Crippen LogP contribution in [-0.2, 0) is 0 Å². The van der Waals surface area contributed by atoms with E-state index >= 15 is 0 Å². The van der Waals surface area contributed by atoms with E-state index in [9.17, 15) is 0 Å². The van der Waals surface area contributed by atoms with Gasteiger partial charge >= 0.3 is 0 Å². The van der Waals surface area contributed by atoms with Gasteiger partial charge in [-0.2, -0.15) is 0 Å². The number of nitrogens with two attached hydrogens (primary N) is 1. The van der Waals surface area contributed by atoms with Gasteiger partial charge in [0, 0.05) is 4.47 Å². The number of nitrogens with zero attached hydrogens (tertiary/aromatic N) is 3. The lowest BCUT2D eigenvalue weighted by atomic mass is 10.3. The van der Waals surface area contributed by atoms with Crippen LogP contribution in [0.1, 0.15) is 0 Å². The summed E-state index contributed by atoms with van der Waals surface area (Å²) in [6.45, 7) is 0. The van der Waals surface area contributed by atoms with Gasteiger partial charge in [0.15, 0.2) is 0 Å². The standard InChI is InChI=1S/C8H7BrN4/c9-6-2-1-3-7(10)8(6)13-4-11-12-5-13/h1-5H,10H2. The molecular formula is C8H7BrN4. The third-order valence-electron chi connectivity index (χ3n) is 1.69. The minimum atomic E-state index is 0.689. The number of rotatable bonds is 1. The van der Waals surface area contributed by atoms with Crippen LogP contribution in [0.5, 0.6) is 0 Å². The van der Waals surface area contributed by atoms with Gasteiger partial charge in [-0.3, -0.25) is 4.57 Å². The Kier molecular flexibility index (Phi) is 2.02. The van der Waals surface area contributed by atoms with Crippen LogP contribution in [-0.4, -0.2) is 14.8 Å². The molecule has 0 atom stereocenters. The number of halogens is 1. The molecule has 1 aromatic heterocycles. The van der Waals surface area contributed by atoms with E-state index in [0.29, 0.717) is 5.69 Å². The Balaban J connectivity index is 2.64. The first-order valence-electron chi connectivity index (χ1n) is 3.68. The molecule has 0 unspecified atom stereocenters. The molecular weight excluding hydrogens is 232 g/mol. The van der Waals surface area contributed by atoms with Crippen LogP contribution >= 0.6 is 15.9 Å². The molecule has 1 heterocycles. The lowest BCUT2D eigenvalue weighted by Crippen LogP contribution is -1.98. The lowest BCUT2D eigenvalue weighted by Gasteiger charge is -2.06. The van der Waals surface area contributed by atoms with Gasteiger partial charge in [0.25, 0.3) is 0 Å². The SMILES string of the molecule is Nc1cccc(Br)c1-n1cnnc1. The first kappa shape index (κ1) is 8.25. The third kappa shape index (κ3) is 1.42. The summed E-state index contributed by atoms with van der Waals surface area (Å²) in [6, 6.07) is 5.64. The van der Waals surface area contributed by atoms with Gasteiger partial charge in [0.05, 0.1) is 11.4 Å². The van der Waals surface area contributed by atoms with Gasteiger partial charge in [-0.05, 0) is 28.1 Å². The van der Waals surface area contributed by atoms with Gasteiger partial charge in [-0.1, -0.05) is 6.07 Å². The maximum absolute atomic E-state index is 5.81. The van der Waals surface area contributed by atoms with Gasteiger partial charge < -0.3 is 5.73 Å². The zero-order valence-electron chi connectivity index (χ0n) is 6.68. The quantitative estimate of drug-likeness (QED) is 0.769. The van der Waals surface area contributed by atoms with E-state index in [2.05, 4.69) is 26.1 Å². The largest absolute Gasteiger partial charge is 0.397 e. The molecule has 0 fully saturated rings. The maximum Gasteiger partial charge on any atom is 0.124 e. The van der Waals surface area contributed by atoms with E-state index in [4.69, 9.17) is 5.73 Å². The Morgan fingerprint density at radius 1 is 1.23 bits per heavy atom. The fourth-order valence-corrected chi connectivity index (χ4v) is 1.71. The van der Waals surface area contributed by atoms with Gasteiger partial charge in [-0.25, -0.2) is 0 Å². The fraction of sp³-hybridized carbons (Fsp3) is 0. The minimum absolute atomic E-state index is 0.689. The average molecular weight is 239 g/mol. The molecule has 0 spiro atoms. The molecule has 0 saturated carbocycles. The highest BCUT2D eigenvalue weighted by Crippen LogP contribution is 2.25. The van der Waals surface area contributed by atoms with Crippen molar-refractivity contribution in [2.24, 2.45) is 0 Å². The molecule has 2 N–H and O–H groups in total. The van der Waals surface area contributed by atoms with E-state index in [-0.39, 0.29) is 0 Å². The molecule has 0 amide bonds. The zero-order valence-corrected chi connectivity index (χ0v) is 8.27. The van der Waals surface area contributed by atoms with E-state index in [1.165, 1.54) is 0 Å². The Morgan fingerprint density at radius 3 is 2.54 bits per heavy atom. The molecule has 2 aromatic rings. The van der Waals surface area contributed by atoms with Gasteiger partial charge in [0.2, 0.25) is 0 Å². The topological polar surface area (TPSA) is 56.7 Å². The summed E-state index contributed by atoms with van der Waals surface area (Å²) >= 11 is 3.41. The molecule has 0 bridgehead atoms. The van der Waals surface area contributed by atoms with Crippen molar-refractivity contribution in [3.05, 3.63) is 35.3 Å². The average Bonchev–Trinajstić information content (AvgIpc) is 2.57. The fourth-order valence-electron chi connectivity index (χ4n) is 1.12. The Labute approximate surface area is 83.5 Å². The molecule has 0 aliphatic rings. The molecule has 1 aromatic carbocycles. The summed E-state index contributed by atoms with van der Waals surface area (Å²) in [7, 11) is 0. The number of hydrogen-bond acceptors (Lipinski definition) is 3. The number of aromatic nitrogens is 3. The van der Waals surface area contributed by atoms with Crippen molar-refractivity contribution in [1.29, 1.82) is 0 Å². The van der Waals surface area contributed by atoms with E-state index < -0.39 is 0 Å². The summed E-state index contributed by atoms with van der Waals surface area (Å²) < 4.78 is 2.69. The van der Waals surface area contributed by atoms with Crippen molar-refractivity contribution in [2.75, 3.05) is 5.73 Å². The van der Waals surface area contributed by atoms with Gasteiger partial charge in [-0.15, -0.1) is 10.2 Å². The Morgan fingerprint density at radius 2 is 1.92 bits per heavy atom. The molecule has 4 nitrogen and oxygen atoms in total. The van der Waals surface area contributed by atoms with Crippen LogP contribution in [0.3, 0.4) is 0 Å². The molecule has 5 heteroatoms. The van der Waals surface area contributed by atoms with Crippen molar-refractivity contribution in [2.45, 2.75) is 0 Å². The Bertz CT molecular complexity index is 390. The summed E-state index contributed by atoms with van der Waals surface area (Å²) in [6.07, 6.45) is 3.22. The molecule has 66 valence electrons. The zero-order chi connectivity index (χ0) is 9.26. The number of hydrogen-bond donors (Lipinski definition) is 1. The second kappa shape index (κ2) is 3.18. The molecule has 0 aliphatic carbocycles. The lowest BCUT2D eigenvalue weighted by molar-refractivity contribution is 1.05. The highest BCUT2D eigenvalue weighted by Gasteiger charge is 2.05. The van der Waals surface area contributed by atoms with Crippen LogP contribution < -0.4 is 5.73 Å². The van der Waals surface area contributed by atoms with Crippen molar-refractivity contribution < 1.29 is 0 Å². The van der Waals surface area contributed by atoms with Crippen LogP contribution in [0.2, 0.25) is 0 Å². The smallest absolute Gasteiger partial charge is 0.124 e. The van der Waals surface area contributed by atoms with Crippen molar-refractivity contribution >= 4 is 21.6 Å². The summed E-state index contributed by atoms with van der Waals surface area (Å²) in [4.78, 5) is 0. The van der Waals surface area contributed by atoms with E-state index in [0.717, 1.165) is 10.2 Å². The van der Waals surface area contributed by atoms with E-state index in [1.54, 1.807) is 17.2 Å². The van der Waals surface area contributed by atoms with Crippen LogP contribution in [0, 0.1) is 0 Å². The molecule has 2 rings (SSSR count). The van der Waals surface area contributed by atoms with E-state index in [1.807, 2.05) is 18.2 Å². The number of nitrogen functional groups attached to an aromatic ring is 1. The normalized spacial score (nSPS) is 10.2. The number of para-hydroxylation sites is 1. The molecule has 0 radical (unpaired) electrons. The van der Waals surface area contributed by atoms with Crippen molar-refractivity contribution in [3.8, 4) is 5.69 Å². The second-order valence-corrected chi connectivity index (χ2v) is 3.40. The number of benzene rings is 1. The van der Waals surface area contributed by atoms with Crippen LogP contribution in [0.4, 0.5) is 5.69 Å².